The third-order valence-electron chi connectivity index (χ3n) is 1.42. The normalized spacial score (nSPS) is 7.13. The highest BCUT2D eigenvalue weighted by atomic mass is 16.2. The number of aliphatic imine (C=N–C) groups is 2. The Kier molecular flexibility index (Phi) is 18.6. The minimum atomic E-state index is 0.556. The number of hydrogen-bond donors (Lipinski definition) is 1. The summed E-state index contributed by atoms with van der Waals surface area (Å²) < 4.78 is 0. The fourth-order valence-corrected chi connectivity index (χ4v) is 0.827. The van der Waals surface area contributed by atoms with Gasteiger partial charge in [-0.2, -0.15) is 5.26 Å². The van der Waals surface area contributed by atoms with Crippen LogP contribution in [0.15, 0.2) is 9.98 Å². The Balaban J connectivity index is 0. The molecule has 0 aromatic rings. The van der Waals surface area contributed by atoms with E-state index in [1.54, 1.807) is 0 Å². The molecular weight excluding hydrogens is 198 g/mol. The van der Waals surface area contributed by atoms with Crippen molar-refractivity contribution < 1.29 is 14.7 Å². The van der Waals surface area contributed by atoms with Crippen molar-refractivity contribution in [1.82, 2.24) is 0 Å². The van der Waals surface area contributed by atoms with Crippen molar-refractivity contribution in [2.24, 2.45) is 9.98 Å². The molecule has 6 nitrogen and oxygen atoms in total. The van der Waals surface area contributed by atoms with Gasteiger partial charge in [0, 0.05) is 0 Å². The number of carbonyl (C=O) groups excluding carboxylic acids is 2. The molecule has 0 heterocycles. The number of aliphatic hydroxyl groups excluding tert-OH is 1. The van der Waals surface area contributed by atoms with Crippen molar-refractivity contribution in [1.29, 1.82) is 5.26 Å². The van der Waals surface area contributed by atoms with Crippen LogP contribution in [0.25, 0.3) is 0 Å². The number of nitrogens with zero attached hydrogens (tertiary/aromatic N) is 3. The molecule has 0 aliphatic carbocycles. The first-order valence-electron chi connectivity index (χ1n) is 4.44. The van der Waals surface area contributed by atoms with Crippen LogP contribution in [0.2, 0.25) is 0 Å². The molecule has 0 aromatic heterocycles. The Morgan fingerprint density at radius 3 is 1.53 bits per heavy atom. The Hall–Kier alpha value is -1.95. The summed E-state index contributed by atoms with van der Waals surface area (Å²) in [7, 11) is 0. The number of nitriles is 1. The monoisotopic (exact) mass is 211 g/mol. The van der Waals surface area contributed by atoms with Gasteiger partial charge in [0.2, 0.25) is 12.2 Å². The first-order chi connectivity index (χ1) is 7.33. The summed E-state index contributed by atoms with van der Waals surface area (Å²) in [6.07, 6.45) is 7.55. The predicted molar refractivity (Wildman–Crippen MR) is 52.0 cm³/mol. The summed E-state index contributed by atoms with van der Waals surface area (Å²) >= 11 is 0. The van der Waals surface area contributed by atoms with E-state index in [2.05, 4.69) is 9.98 Å². The van der Waals surface area contributed by atoms with E-state index < -0.39 is 0 Å². The maximum absolute atomic E-state index is 9.63. The molecule has 0 unspecified atom stereocenters. The number of rotatable bonds is 7. The number of unbranched alkanes of at least 4 members (excludes halogenated alkanes) is 3. The second kappa shape index (κ2) is 18.0. The highest BCUT2D eigenvalue weighted by Crippen LogP contribution is 1.99. The summed E-state index contributed by atoms with van der Waals surface area (Å²) in [5.41, 5.74) is 0. The van der Waals surface area contributed by atoms with Gasteiger partial charge in [0.25, 0.3) is 6.26 Å². The average Bonchev–Trinajstić information content (AvgIpc) is 2.23. The van der Waals surface area contributed by atoms with Gasteiger partial charge in [0.1, 0.15) is 0 Å². The third-order valence-corrected chi connectivity index (χ3v) is 1.42. The summed E-state index contributed by atoms with van der Waals surface area (Å²) in [5.74, 6) is 0. The highest BCUT2D eigenvalue weighted by Gasteiger charge is 1.87. The summed E-state index contributed by atoms with van der Waals surface area (Å²) in [6, 6.07) is 0. The molecule has 82 valence electrons. The van der Waals surface area contributed by atoms with Gasteiger partial charge in [0.15, 0.2) is 0 Å². The van der Waals surface area contributed by atoms with Crippen LogP contribution in [0.4, 0.5) is 0 Å². The lowest BCUT2D eigenvalue weighted by atomic mass is 10.2. The molecular formula is C9H13N3O3. The van der Waals surface area contributed by atoms with Gasteiger partial charge in [-0.05, 0) is 12.8 Å². The topological polar surface area (TPSA) is 103 Å². The Morgan fingerprint density at radius 1 is 0.933 bits per heavy atom. The molecule has 0 aromatic carbocycles. The zero-order valence-electron chi connectivity index (χ0n) is 8.35. The molecule has 0 amide bonds. The lowest BCUT2D eigenvalue weighted by Crippen LogP contribution is -1.84. The SMILES string of the molecule is N#CO.O=C=NCCCCCCN=C=O. The van der Waals surface area contributed by atoms with Crippen molar-refractivity contribution in [3.63, 3.8) is 0 Å². The van der Waals surface area contributed by atoms with Crippen molar-refractivity contribution in [3.8, 4) is 6.26 Å². The Morgan fingerprint density at radius 2 is 1.27 bits per heavy atom. The molecule has 0 saturated heterocycles. The molecule has 0 spiro atoms. The molecule has 0 radical (unpaired) electrons. The van der Waals surface area contributed by atoms with Crippen LogP contribution in [-0.4, -0.2) is 30.4 Å². The van der Waals surface area contributed by atoms with E-state index in [-0.39, 0.29) is 0 Å². The molecule has 0 bridgehead atoms. The van der Waals surface area contributed by atoms with Crippen LogP contribution in [0.3, 0.4) is 0 Å². The Labute approximate surface area is 88.0 Å². The van der Waals surface area contributed by atoms with Gasteiger partial charge < -0.3 is 5.11 Å². The van der Waals surface area contributed by atoms with Crippen LogP contribution in [0.5, 0.6) is 0 Å². The maximum atomic E-state index is 9.63. The largest absolute Gasteiger partial charge is 0.443 e. The quantitative estimate of drug-likeness (QED) is 0.294. The van der Waals surface area contributed by atoms with Crippen LogP contribution < -0.4 is 0 Å². The second-order valence-electron chi connectivity index (χ2n) is 2.46. The minimum absolute atomic E-state index is 0.556. The minimum Gasteiger partial charge on any atom is -0.443 e. The fourth-order valence-electron chi connectivity index (χ4n) is 0.827. The van der Waals surface area contributed by atoms with Crippen molar-refractivity contribution in [3.05, 3.63) is 0 Å². The molecule has 6 heteroatoms. The molecule has 0 fully saturated rings. The van der Waals surface area contributed by atoms with E-state index in [0.29, 0.717) is 13.1 Å². The van der Waals surface area contributed by atoms with Crippen LogP contribution in [0, 0.1) is 11.5 Å². The fraction of sp³-hybridized carbons (Fsp3) is 0.667. The molecule has 0 saturated carbocycles. The number of hydrogen-bond acceptors (Lipinski definition) is 6. The zero-order chi connectivity index (χ0) is 11.8. The van der Waals surface area contributed by atoms with E-state index in [0.717, 1.165) is 31.9 Å². The molecule has 0 rings (SSSR count). The molecule has 15 heavy (non-hydrogen) atoms. The lowest BCUT2D eigenvalue weighted by Gasteiger charge is -1.93. The van der Waals surface area contributed by atoms with Gasteiger partial charge in [-0.3, -0.25) is 0 Å². The second-order valence-corrected chi connectivity index (χ2v) is 2.46. The Bertz CT molecular complexity index is 238. The first-order valence-corrected chi connectivity index (χ1v) is 4.44. The van der Waals surface area contributed by atoms with E-state index >= 15 is 0 Å². The van der Waals surface area contributed by atoms with E-state index in [4.69, 9.17) is 10.4 Å². The van der Waals surface area contributed by atoms with E-state index in [9.17, 15) is 9.59 Å². The smallest absolute Gasteiger partial charge is 0.283 e. The van der Waals surface area contributed by atoms with Crippen molar-refractivity contribution in [2.75, 3.05) is 13.1 Å². The highest BCUT2D eigenvalue weighted by molar-refractivity contribution is 5.32. The molecule has 1 N–H and O–H groups in total. The maximum Gasteiger partial charge on any atom is 0.283 e. The first kappa shape index (κ1) is 15.5. The van der Waals surface area contributed by atoms with Gasteiger partial charge in [0.05, 0.1) is 13.1 Å². The lowest BCUT2D eigenvalue weighted by molar-refractivity contribution is 0.503. The van der Waals surface area contributed by atoms with Crippen LogP contribution in [-0.2, 0) is 9.59 Å². The van der Waals surface area contributed by atoms with Crippen molar-refractivity contribution in [2.45, 2.75) is 25.7 Å². The van der Waals surface area contributed by atoms with E-state index in [1.807, 2.05) is 0 Å². The summed E-state index contributed by atoms with van der Waals surface area (Å²) in [4.78, 5) is 26.1. The van der Waals surface area contributed by atoms with Gasteiger partial charge in [-0.25, -0.2) is 19.6 Å². The van der Waals surface area contributed by atoms with Gasteiger partial charge in [-0.15, -0.1) is 0 Å². The predicted octanol–water partition coefficient (Wildman–Crippen LogP) is 1.06. The third kappa shape index (κ3) is 24.5. The molecule has 0 atom stereocenters. The summed E-state index contributed by atoms with van der Waals surface area (Å²) in [6.45, 7) is 1.11. The zero-order valence-corrected chi connectivity index (χ0v) is 8.35. The van der Waals surface area contributed by atoms with Crippen molar-refractivity contribution >= 4 is 12.2 Å². The number of aliphatic hydroxyl groups is 1. The van der Waals surface area contributed by atoms with Crippen LogP contribution >= 0.6 is 0 Å². The van der Waals surface area contributed by atoms with E-state index in [1.165, 1.54) is 12.2 Å². The average molecular weight is 211 g/mol. The number of isocyanates is 2. The van der Waals surface area contributed by atoms with Crippen LogP contribution in [0.1, 0.15) is 25.7 Å². The molecule has 0 aliphatic rings. The standard InChI is InChI=1S/C8H12N2O2.CHNO/c11-7-9-5-3-1-2-4-6-10-8-12;2-1-3/h1-6H2;3H. The van der Waals surface area contributed by atoms with Gasteiger partial charge in [-0.1, -0.05) is 12.8 Å². The molecule has 0 aliphatic heterocycles. The van der Waals surface area contributed by atoms with Gasteiger partial charge >= 0.3 is 0 Å². The summed E-state index contributed by atoms with van der Waals surface area (Å²) in [5, 5.41) is 13.8.